The Bertz CT molecular complexity index is 681. The summed E-state index contributed by atoms with van der Waals surface area (Å²) in [4.78, 5) is 18.5. The third kappa shape index (κ3) is 3.36. The number of aromatic nitrogens is 1. The number of fused-ring (bicyclic) bond motifs is 1. The van der Waals surface area contributed by atoms with Gasteiger partial charge in [0.05, 0.1) is 5.56 Å². The molecule has 1 amide bonds. The predicted molar refractivity (Wildman–Crippen MR) is 92.9 cm³/mol. The van der Waals surface area contributed by atoms with E-state index in [1.807, 2.05) is 19.1 Å². The molecule has 0 fully saturated rings. The van der Waals surface area contributed by atoms with Crippen LogP contribution in [0.25, 0.3) is 0 Å². The van der Waals surface area contributed by atoms with Gasteiger partial charge in [-0.1, -0.05) is 24.3 Å². The fraction of sp³-hybridized carbons (Fsp3) is 0.368. The summed E-state index contributed by atoms with van der Waals surface area (Å²) >= 11 is 0. The molecular weight excluding hydrogens is 286 g/mol. The number of nitrogens with one attached hydrogen (secondary N) is 1. The van der Waals surface area contributed by atoms with E-state index in [0.717, 1.165) is 25.1 Å². The number of amides is 1. The van der Waals surface area contributed by atoms with E-state index in [9.17, 15) is 4.79 Å². The fourth-order valence-electron chi connectivity index (χ4n) is 3.19. The number of hydrogen-bond donors (Lipinski definition) is 1. The second-order valence-electron chi connectivity index (χ2n) is 6.04. The Kier molecular flexibility index (Phi) is 4.60. The summed E-state index contributed by atoms with van der Waals surface area (Å²) in [6, 6.07) is 12.9. The van der Waals surface area contributed by atoms with E-state index in [0.29, 0.717) is 18.2 Å². The first-order valence-corrected chi connectivity index (χ1v) is 8.23. The van der Waals surface area contributed by atoms with Gasteiger partial charge in [-0.05, 0) is 49.4 Å². The zero-order chi connectivity index (χ0) is 16.2. The fourth-order valence-corrected chi connectivity index (χ4v) is 3.19. The first kappa shape index (κ1) is 15.5. The Labute approximate surface area is 137 Å². The Morgan fingerprint density at radius 1 is 1.26 bits per heavy atom. The SMILES string of the molecule is CCNC(=O)c1ccc(N(C)C2CCc3ccccc3C2)nc1. The van der Waals surface area contributed by atoms with Crippen LogP contribution in [-0.2, 0) is 12.8 Å². The molecule has 0 aliphatic heterocycles. The number of carbonyl (C=O) groups excluding carboxylic acids is 1. The minimum atomic E-state index is -0.0687. The van der Waals surface area contributed by atoms with Crippen LogP contribution in [0.2, 0.25) is 0 Å². The van der Waals surface area contributed by atoms with E-state index in [1.165, 1.54) is 11.1 Å². The summed E-state index contributed by atoms with van der Waals surface area (Å²) in [6.07, 6.45) is 4.95. The molecule has 1 N–H and O–H groups in total. The number of anilines is 1. The molecule has 4 nitrogen and oxygen atoms in total. The van der Waals surface area contributed by atoms with Gasteiger partial charge in [-0.25, -0.2) is 4.98 Å². The summed E-state index contributed by atoms with van der Waals surface area (Å²) in [5, 5.41) is 2.79. The van der Waals surface area contributed by atoms with Crippen molar-refractivity contribution in [2.24, 2.45) is 0 Å². The molecule has 0 saturated heterocycles. The van der Waals surface area contributed by atoms with Crippen LogP contribution in [0.15, 0.2) is 42.6 Å². The van der Waals surface area contributed by atoms with Crippen molar-refractivity contribution in [3.63, 3.8) is 0 Å². The van der Waals surface area contributed by atoms with Crippen molar-refractivity contribution in [1.82, 2.24) is 10.3 Å². The standard InChI is InChI=1S/C19H23N3O/c1-3-20-19(23)16-9-11-18(21-13-16)22(2)17-10-8-14-6-4-5-7-15(14)12-17/h4-7,9,11,13,17H,3,8,10,12H2,1-2H3,(H,20,23). The zero-order valence-electron chi connectivity index (χ0n) is 13.7. The van der Waals surface area contributed by atoms with Crippen LogP contribution in [0.1, 0.15) is 34.8 Å². The van der Waals surface area contributed by atoms with Crippen LogP contribution < -0.4 is 10.2 Å². The lowest BCUT2D eigenvalue weighted by molar-refractivity contribution is 0.0955. The van der Waals surface area contributed by atoms with Gasteiger partial charge in [0, 0.05) is 25.8 Å². The van der Waals surface area contributed by atoms with Gasteiger partial charge < -0.3 is 10.2 Å². The average molecular weight is 309 g/mol. The molecule has 4 heteroatoms. The number of rotatable bonds is 4. The topological polar surface area (TPSA) is 45.2 Å². The summed E-state index contributed by atoms with van der Waals surface area (Å²) in [5.41, 5.74) is 3.52. The smallest absolute Gasteiger partial charge is 0.252 e. The number of nitrogens with zero attached hydrogens (tertiary/aromatic N) is 2. The lowest BCUT2D eigenvalue weighted by Crippen LogP contribution is -2.37. The van der Waals surface area contributed by atoms with Gasteiger partial charge in [0.25, 0.3) is 5.91 Å². The lowest BCUT2D eigenvalue weighted by Gasteiger charge is -2.33. The molecule has 0 spiro atoms. The average Bonchev–Trinajstić information content (AvgIpc) is 2.61. The number of benzene rings is 1. The third-order valence-electron chi connectivity index (χ3n) is 4.58. The lowest BCUT2D eigenvalue weighted by atomic mass is 9.88. The molecule has 1 aliphatic carbocycles. The highest BCUT2D eigenvalue weighted by Crippen LogP contribution is 2.26. The van der Waals surface area contributed by atoms with Gasteiger partial charge >= 0.3 is 0 Å². The molecule has 120 valence electrons. The minimum absolute atomic E-state index is 0.0687. The second-order valence-corrected chi connectivity index (χ2v) is 6.04. The molecule has 1 atom stereocenters. The zero-order valence-corrected chi connectivity index (χ0v) is 13.7. The first-order valence-electron chi connectivity index (χ1n) is 8.23. The Morgan fingerprint density at radius 2 is 2.04 bits per heavy atom. The van der Waals surface area contributed by atoms with Crippen LogP contribution >= 0.6 is 0 Å². The Morgan fingerprint density at radius 3 is 2.74 bits per heavy atom. The van der Waals surface area contributed by atoms with E-state index in [2.05, 4.69) is 46.5 Å². The maximum absolute atomic E-state index is 11.8. The van der Waals surface area contributed by atoms with Crippen molar-refractivity contribution in [3.05, 3.63) is 59.3 Å². The van der Waals surface area contributed by atoms with Gasteiger partial charge in [0.2, 0.25) is 0 Å². The monoisotopic (exact) mass is 309 g/mol. The highest BCUT2D eigenvalue weighted by molar-refractivity contribution is 5.94. The molecule has 3 rings (SSSR count). The Hall–Kier alpha value is -2.36. The summed E-state index contributed by atoms with van der Waals surface area (Å²) < 4.78 is 0. The molecule has 0 bridgehead atoms. The van der Waals surface area contributed by atoms with E-state index >= 15 is 0 Å². The third-order valence-corrected chi connectivity index (χ3v) is 4.58. The number of likely N-dealkylation sites (N-methyl/N-ethyl adjacent to an activating group) is 1. The van der Waals surface area contributed by atoms with Crippen molar-refractivity contribution >= 4 is 11.7 Å². The largest absolute Gasteiger partial charge is 0.356 e. The van der Waals surface area contributed by atoms with Crippen molar-refractivity contribution in [2.45, 2.75) is 32.2 Å². The molecule has 0 radical (unpaired) electrons. The van der Waals surface area contributed by atoms with Crippen molar-refractivity contribution in [2.75, 3.05) is 18.5 Å². The van der Waals surface area contributed by atoms with E-state index < -0.39 is 0 Å². The quantitative estimate of drug-likeness (QED) is 0.944. The maximum Gasteiger partial charge on any atom is 0.252 e. The molecule has 1 unspecified atom stereocenters. The van der Waals surface area contributed by atoms with Gasteiger partial charge in [-0.2, -0.15) is 0 Å². The minimum Gasteiger partial charge on any atom is -0.356 e. The predicted octanol–water partition coefficient (Wildman–Crippen LogP) is 2.83. The van der Waals surface area contributed by atoms with E-state index in [-0.39, 0.29) is 5.91 Å². The summed E-state index contributed by atoms with van der Waals surface area (Å²) in [5.74, 6) is 0.850. The van der Waals surface area contributed by atoms with Crippen LogP contribution in [-0.4, -0.2) is 30.5 Å². The van der Waals surface area contributed by atoms with Gasteiger partial charge in [0.15, 0.2) is 0 Å². The van der Waals surface area contributed by atoms with Crippen molar-refractivity contribution < 1.29 is 4.79 Å². The van der Waals surface area contributed by atoms with E-state index in [1.54, 1.807) is 6.20 Å². The molecule has 1 aromatic carbocycles. The van der Waals surface area contributed by atoms with Crippen LogP contribution in [0, 0.1) is 0 Å². The van der Waals surface area contributed by atoms with Crippen LogP contribution in [0.5, 0.6) is 0 Å². The second kappa shape index (κ2) is 6.82. The normalized spacial score (nSPS) is 16.5. The molecule has 2 aromatic rings. The first-order chi connectivity index (χ1) is 11.2. The number of aryl methyl sites for hydroxylation is 1. The molecule has 1 aromatic heterocycles. The van der Waals surface area contributed by atoms with Crippen molar-refractivity contribution in [1.29, 1.82) is 0 Å². The molecule has 23 heavy (non-hydrogen) atoms. The van der Waals surface area contributed by atoms with E-state index in [4.69, 9.17) is 0 Å². The maximum atomic E-state index is 11.8. The van der Waals surface area contributed by atoms with Gasteiger partial charge in [-0.3, -0.25) is 4.79 Å². The summed E-state index contributed by atoms with van der Waals surface area (Å²) in [7, 11) is 2.09. The molecule has 1 heterocycles. The highest BCUT2D eigenvalue weighted by Gasteiger charge is 2.22. The number of carbonyl (C=O) groups is 1. The van der Waals surface area contributed by atoms with Crippen LogP contribution in [0.4, 0.5) is 5.82 Å². The van der Waals surface area contributed by atoms with Crippen LogP contribution in [0.3, 0.4) is 0 Å². The number of pyridine rings is 1. The van der Waals surface area contributed by atoms with Crippen molar-refractivity contribution in [3.8, 4) is 0 Å². The Balaban J connectivity index is 1.71. The highest BCUT2D eigenvalue weighted by atomic mass is 16.1. The number of hydrogen-bond acceptors (Lipinski definition) is 3. The van der Waals surface area contributed by atoms with Gasteiger partial charge in [-0.15, -0.1) is 0 Å². The molecule has 0 saturated carbocycles. The molecular formula is C19H23N3O. The summed E-state index contributed by atoms with van der Waals surface area (Å²) in [6.45, 7) is 2.54. The molecule has 1 aliphatic rings. The van der Waals surface area contributed by atoms with Gasteiger partial charge in [0.1, 0.15) is 5.82 Å².